The van der Waals surface area contributed by atoms with Crippen molar-refractivity contribution < 1.29 is 0 Å². The van der Waals surface area contributed by atoms with E-state index in [1.54, 1.807) is 4.88 Å². The Balaban J connectivity index is 2.06. The Morgan fingerprint density at radius 2 is 2.06 bits per heavy atom. The third-order valence-electron chi connectivity index (χ3n) is 3.39. The van der Waals surface area contributed by atoms with Crippen molar-refractivity contribution in [1.82, 2.24) is 5.32 Å². The van der Waals surface area contributed by atoms with Crippen molar-refractivity contribution in [3.63, 3.8) is 0 Å². The average molecular weight is 243 g/mol. The lowest BCUT2D eigenvalue weighted by Gasteiger charge is -2.10. The molecule has 2 heterocycles. The van der Waals surface area contributed by atoms with Gasteiger partial charge in [0.25, 0.3) is 0 Å². The van der Waals surface area contributed by atoms with Crippen LogP contribution in [-0.4, -0.2) is 6.54 Å². The smallest absolute Gasteiger partial charge is 0.0351 e. The van der Waals surface area contributed by atoms with Crippen molar-refractivity contribution >= 4 is 11.3 Å². The molecule has 1 N–H and O–H groups in total. The Bertz CT molecular complexity index is 531. The fourth-order valence-corrected chi connectivity index (χ4v) is 3.75. The molecule has 88 valence electrons. The lowest BCUT2D eigenvalue weighted by molar-refractivity contribution is 0.653. The molecular weight excluding hydrogens is 226 g/mol. The second kappa shape index (κ2) is 4.28. The summed E-state index contributed by atoms with van der Waals surface area (Å²) in [4.78, 5) is 3.00. The minimum Gasteiger partial charge on any atom is -0.312 e. The van der Waals surface area contributed by atoms with Crippen LogP contribution >= 0.6 is 11.3 Å². The summed E-state index contributed by atoms with van der Waals surface area (Å²) in [5.74, 6) is 0. The van der Waals surface area contributed by atoms with Gasteiger partial charge in [-0.05, 0) is 43.0 Å². The first-order chi connectivity index (χ1) is 8.24. The van der Waals surface area contributed by atoms with Crippen molar-refractivity contribution in [2.75, 3.05) is 6.54 Å². The molecule has 0 bridgehead atoms. The maximum Gasteiger partial charge on any atom is 0.0351 e. The minimum absolute atomic E-state index is 1.04. The van der Waals surface area contributed by atoms with Gasteiger partial charge >= 0.3 is 0 Å². The van der Waals surface area contributed by atoms with Crippen LogP contribution < -0.4 is 5.32 Å². The second-order valence-electron chi connectivity index (χ2n) is 4.80. The van der Waals surface area contributed by atoms with Gasteiger partial charge in [-0.15, -0.1) is 11.3 Å². The maximum absolute atomic E-state index is 3.44. The van der Waals surface area contributed by atoms with E-state index in [4.69, 9.17) is 0 Å². The molecule has 0 atom stereocenters. The van der Waals surface area contributed by atoms with Crippen LogP contribution in [0.15, 0.2) is 24.3 Å². The molecule has 2 aromatic rings. The zero-order valence-corrected chi connectivity index (χ0v) is 11.2. The van der Waals surface area contributed by atoms with Gasteiger partial charge in [-0.2, -0.15) is 0 Å². The van der Waals surface area contributed by atoms with E-state index in [9.17, 15) is 0 Å². The predicted octanol–water partition coefficient (Wildman–Crippen LogP) is 3.68. The fraction of sp³-hybridized carbons (Fsp3) is 0.333. The molecule has 2 heteroatoms. The summed E-state index contributed by atoms with van der Waals surface area (Å²) in [6.45, 7) is 6.52. The van der Waals surface area contributed by atoms with E-state index in [1.165, 1.54) is 33.6 Å². The van der Waals surface area contributed by atoms with Crippen LogP contribution in [0.3, 0.4) is 0 Å². The first-order valence-corrected chi connectivity index (χ1v) is 6.95. The fourth-order valence-electron chi connectivity index (χ4n) is 2.48. The standard InChI is InChI=1S/C15H17NS/c1-10-3-4-13(11(2)7-10)15-8-12-9-16-6-5-14(12)17-15/h3-4,7-8,16H,5-6,9H2,1-2H3. The van der Waals surface area contributed by atoms with Crippen molar-refractivity contribution in [2.24, 2.45) is 0 Å². The number of thiophene rings is 1. The molecule has 1 aromatic heterocycles. The zero-order valence-electron chi connectivity index (χ0n) is 10.3. The molecule has 3 rings (SSSR count). The number of benzene rings is 1. The number of hydrogen-bond acceptors (Lipinski definition) is 2. The molecule has 0 unspecified atom stereocenters. The van der Waals surface area contributed by atoms with Gasteiger partial charge in [0.05, 0.1) is 0 Å². The first-order valence-electron chi connectivity index (χ1n) is 6.14. The van der Waals surface area contributed by atoms with Gasteiger partial charge in [0.2, 0.25) is 0 Å². The van der Waals surface area contributed by atoms with Gasteiger partial charge in [-0.3, -0.25) is 0 Å². The largest absolute Gasteiger partial charge is 0.312 e. The quantitative estimate of drug-likeness (QED) is 0.805. The van der Waals surface area contributed by atoms with E-state index >= 15 is 0 Å². The highest BCUT2D eigenvalue weighted by Gasteiger charge is 2.14. The van der Waals surface area contributed by atoms with Crippen LogP contribution in [0.4, 0.5) is 0 Å². The SMILES string of the molecule is Cc1ccc(-c2cc3c(s2)CCNC3)c(C)c1. The van der Waals surface area contributed by atoms with E-state index in [0.29, 0.717) is 0 Å². The lowest BCUT2D eigenvalue weighted by atomic mass is 10.0. The summed E-state index contributed by atoms with van der Waals surface area (Å²) in [5, 5.41) is 3.44. The second-order valence-corrected chi connectivity index (χ2v) is 5.94. The monoisotopic (exact) mass is 243 g/mol. The molecule has 17 heavy (non-hydrogen) atoms. The molecule has 0 aliphatic carbocycles. The van der Waals surface area contributed by atoms with Crippen molar-refractivity contribution in [2.45, 2.75) is 26.8 Å². The Morgan fingerprint density at radius 1 is 1.18 bits per heavy atom. The number of nitrogens with one attached hydrogen (secondary N) is 1. The number of rotatable bonds is 1. The highest BCUT2D eigenvalue weighted by molar-refractivity contribution is 7.15. The molecule has 0 fully saturated rings. The van der Waals surface area contributed by atoms with E-state index in [-0.39, 0.29) is 0 Å². The molecule has 1 nitrogen and oxygen atoms in total. The van der Waals surface area contributed by atoms with Gasteiger partial charge in [0.1, 0.15) is 0 Å². The van der Waals surface area contributed by atoms with Crippen molar-refractivity contribution in [1.29, 1.82) is 0 Å². The number of fused-ring (bicyclic) bond motifs is 1. The van der Waals surface area contributed by atoms with Gasteiger partial charge in [-0.1, -0.05) is 23.8 Å². The van der Waals surface area contributed by atoms with Gasteiger partial charge < -0.3 is 5.32 Å². The van der Waals surface area contributed by atoms with E-state index in [2.05, 4.69) is 43.4 Å². The third kappa shape index (κ3) is 2.03. The summed E-state index contributed by atoms with van der Waals surface area (Å²) in [6.07, 6.45) is 1.19. The molecule has 1 aliphatic heterocycles. The Morgan fingerprint density at radius 3 is 2.82 bits per heavy atom. The van der Waals surface area contributed by atoms with Crippen LogP contribution in [0.25, 0.3) is 10.4 Å². The predicted molar refractivity (Wildman–Crippen MR) is 74.6 cm³/mol. The van der Waals surface area contributed by atoms with Crippen molar-refractivity contribution in [3.05, 3.63) is 45.8 Å². The van der Waals surface area contributed by atoms with Crippen LogP contribution in [0.2, 0.25) is 0 Å². The number of aryl methyl sites for hydroxylation is 2. The average Bonchev–Trinajstić information content (AvgIpc) is 2.72. The normalized spacial score (nSPS) is 14.7. The van der Waals surface area contributed by atoms with Crippen molar-refractivity contribution in [3.8, 4) is 10.4 Å². The van der Waals surface area contributed by atoms with Gasteiger partial charge in [0.15, 0.2) is 0 Å². The Hall–Kier alpha value is -1.12. The summed E-state index contributed by atoms with van der Waals surface area (Å²) in [6, 6.07) is 9.10. The summed E-state index contributed by atoms with van der Waals surface area (Å²) < 4.78 is 0. The molecular formula is C15H17NS. The van der Waals surface area contributed by atoms with E-state index < -0.39 is 0 Å². The van der Waals surface area contributed by atoms with Gasteiger partial charge in [0, 0.05) is 22.8 Å². The molecule has 1 aliphatic rings. The zero-order chi connectivity index (χ0) is 11.8. The highest BCUT2D eigenvalue weighted by atomic mass is 32.1. The van der Waals surface area contributed by atoms with Crippen LogP contribution in [0, 0.1) is 13.8 Å². The molecule has 0 saturated carbocycles. The van der Waals surface area contributed by atoms with Crippen LogP contribution in [-0.2, 0) is 13.0 Å². The Labute approximate surface area is 106 Å². The lowest BCUT2D eigenvalue weighted by Crippen LogP contribution is -2.21. The van der Waals surface area contributed by atoms with E-state index in [0.717, 1.165) is 13.1 Å². The maximum atomic E-state index is 3.44. The Kier molecular flexibility index (Phi) is 2.77. The third-order valence-corrected chi connectivity index (χ3v) is 4.66. The topological polar surface area (TPSA) is 12.0 Å². The summed E-state index contributed by atoms with van der Waals surface area (Å²) in [7, 11) is 0. The van der Waals surface area contributed by atoms with Crippen LogP contribution in [0.5, 0.6) is 0 Å². The number of hydrogen-bond donors (Lipinski definition) is 1. The summed E-state index contributed by atoms with van der Waals surface area (Å²) >= 11 is 1.97. The molecule has 0 radical (unpaired) electrons. The van der Waals surface area contributed by atoms with Crippen LogP contribution in [0.1, 0.15) is 21.6 Å². The molecule has 0 saturated heterocycles. The molecule has 1 aromatic carbocycles. The molecule has 0 spiro atoms. The first kappa shape index (κ1) is 11.0. The summed E-state index contributed by atoms with van der Waals surface area (Å²) in [5.41, 5.74) is 5.62. The van der Waals surface area contributed by atoms with E-state index in [1.807, 2.05) is 11.3 Å². The highest BCUT2D eigenvalue weighted by Crippen LogP contribution is 2.34. The molecule has 0 amide bonds. The van der Waals surface area contributed by atoms with Gasteiger partial charge in [-0.25, -0.2) is 0 Å². The minimum atomic E-state index is 1.04.